The van der Waals surface area contributed by atoms with Gasteiger partial charge in [0.25, 0.3) is 0 Å². The average Bonchev–Trinajstić information content (AvgIpc) is 3.51. The minimum atomic E-state index is -0.790. The predicted molar refractivity (Wildman–Crippen MR) is 141 cm³/mol. The molecule has 1 aromatic carbocycles. The molecule has 36 heavy (non-hydrogen) atoms. The zero-order valence-electron chi connectivity index (χ0n) is 21.6. The Hall–Kier alpha value is -2.78. The summed E-state index contributed by atoms with van der Waals surface area (Å²) in [5.74, 6) is -0.112. The van der Waals surface area contributed by atoms with Crippen molar-refractivity contribution in [2.75, 3.05) is 20.1 Å². The van der Waals surface area contributed by atoms with Crippen molar-refractivity contribution in [2.45, 2.75) is 70.6 Å². The Morgan fingerprint density at radius 1 is 1.14 bits per heavy atom. The SMILES string of the molecule is CN[C@@H](C)C(=O)N[C@H]1CN(C(=O)CC(C)C)CC[C@H]2CC[C@@H](c3nc(-c4ccccc4)cs3)N2C1=O. The quantitative estimate of drug-likeness (QED) is 0.595. The molecule has 4 rings (SSSR count). The first-order chi connectivity index (χ1) is 17.3. The number of benzene rings is 1. The number of fused-ring (bicyclic) bond motifs is 1. The first-order valence-corrected chi connectivity index (χ1v) is 13.7. The summed E-state index contributed by atoms with van der Waals surface area (Å²) in [6, 6.07) is 8.70. The van der Waals surface area contributed by atoms with E-state index in [1.165, 1.54) is 0 Å². The zero-order valence-corrected chi connectivity index (χ0v) is 22.4. The molecule has 1 aromatic heterocycles. The maximum absolute atomic E-state index is 14.0. The van der Waals surface area contributed by atoms with Crippen molar-refractivity contribution in [2.24, 2.45) is 5.92 Å². The Kier molecular flexibility index (Phi) is 8.41. The fourth-order valence-electron chi connectivity index (χ4n) is 5.04. The lowest BCUT2D eigenvalue weighted by molar-refractivity contribution is -0.144. The molecule has 0 aliphatic carbocycles. The van der Waals surface area contributed by atoms with Crippen molar-refractivity contribution >= 4 is 29.1 Å². The van der Waals surface area contributed by atoms with Gasteiger partial charge in [0, 0.05) is 36.5 Å². The van der Waals surface area contributed by atoms with E-state index in [0.29, 0.717) is 13.0 Å². The number of hydrogen-bond acceptors (Lipinski definition) is 6. The molecule has 0 radical (unpaired) electrons. The van der Waals surface area contributed by atoms with Crippen LogP contribution in [0.2, 0.25) is 0 Å². The van der Waals surface area contributed by atoms with Gasteiger partial charge in [-0.2, -0.15) is 0 Å². The van der Waals surface area contributed by atoms with Crippen LogP contribution in [0.4, 0.5) is 0 Å². The summed E-state index contributed by atoms with van der Waals surface area (Å²) in [5, 5.41) is 8.84. The Labute approximate surface area is 217 Å². The van der Waals surface area contributed by atoms with Gasteiger partial charge in [0.15, 0.2) is 0 Å². The third kappa shape index (κ3) is 5.78. The van der Waals surface area contributed by atoms with Gasteiger partial charge in [0.2, 0.25) is 17.7 Å². The van der Waals surface area contributed by atoms with Crippen LogP contribution in [0.1, 0.15) is 57.5 Å². The average molecular weight is 512 g/mol. The Bertz CT molecular complexity index is 1070. The Morgan fingerprint density at radius 3 is 2.58 bits per heavy atom. The van der Waals surface area contributed by atoms with E-state index in [-0.39, 0.29) is 42.3 Å². The largest absolute Gasteiger partial charge is 0.341 e. The summed E-state index contributed by atoms with van der Waals surface area (Å²) in [5.41, 5.74) is 1.97. The molecule has 2 N–H and O–H groups in total. The minimum Gasteiger partial charge on any atom is -0.341 e. The summed E-state index contributed by atoms with van der Waals surface area (Å²) >= 11 is 1.58. The lowest BCUT2D eigenvalue weighted by atomic mass is 10.0. The van der Waals surface area contributed by atoms with Crippen molar-refractivity contribution in [1.29, 1.82) is 0 Å². The first-order valence-electron chi connectivity index (χ1n) is 12.9. The molecule has 3 amide bonds. The van der Waals surface area contributed by atoms with Crippen molar-refractivity contribution in [3.05, 3.63) is 40.7 Å². The molecule has 8 nitrogen and oxygen atoms in total. The molecular formula is C27H37N5O3S. The van der Waals surface area contributed by atoms with Gasteiger partial charge in [0.05, 0.1) is 17.8 Å². The molecule has 0 unspecified atom stereocenters. The lowest BCUT2D eigenvalue weighted by Gasteiger charge is -2.39. The molecular weight excluding hydrogens is 474 g/mol. The van der Waals surface area contributed by atoms with Crippen LogP contribution in [-0.2, 0) is 14.4 Å². The molecule has 2 fully saturated rings. The Balaban J connectivity index is 1.60. The first kappa shape index (κ1) is 26.3. The van der Waals surface area contributed by atoms with Gasteiger partial charge >= 0.3 is 0 Å². The van der Waals surface area contributed by atoms with Gasteiger partial charge in [-0.05, 0) is 39.2 Å². The van der Waals surface area contributed by atoms with E-state index in [1.54, 1.807) is 30.2 Å². The summed E-state index contributed by atoms with van der Waals surface area (Å²) in [6.07, 6.45) is 2.85. The smallest absolute Gasteiger partial charge is 0.247 e. The van der Waals surface area contributed by atoms with Crippen LogP contribution in [-0.4, -0.2) is 70.8 Å². The third-order valence-electron chi connectivity index (χ3n) is 7.15. The number of rotatable bonds is 7. The van der Waals surface area contributed by atoms with Crippen molar-refractivity contribution in [3.8, 4) is 11.3 Å². The maximum Gasteiger partial charge on any atom is 0.247 e. The fourth-order valence-corrected chi connectivity index (χ4v) is 6.00. The third-order valence-corrected chi connectivity index (χ3v) is 8.09. The molecule has 194 valence electrons. The van der Waals surface area contributed by atoms with Gasteiger partial charge < -0.3 is 20.4 Å². The van der Waals surface area contributed by atoms with E-state index in [0.717, 1.165) is 35.5 Å². The topological polar surface area (TPSA) is 94.6 Å². The van der Waals surface area contributed by atoms with E-state index >= 15 is 0 Å². The second kappa shape index (κ2) is 11.5. The molecule has 2 saturated heterocycles. The summed E-state index contributed by atoms with van der Waals surface area (Å²) in [4.78, 5) is 48.4. The number of carbonyl (C=O) groups is 3. The normalized spacial score (nSPS) is 23.2. The second-order valence-corrected chi connectivity index (χ2v) is 11.1. The van der Waals surface area contributed by atoms with Gasteiger partial charge in [-0.1, -0.05) is 44.2 Å². The van der Waals surface area contributed by atoms with Gasteiger partial charge in [-0.25, -0.2) is 4.98 Å². The Morgan fingerprint density at radius 2 is 1.89 bits per heavy atom. The second-order valence-electron chi connectivity index (χ2n) is 10.2. The molecule has 0 bridgehead atoms. The van der Waals surface area contributed by atoms with E-state index in [9.17, 15) is 14.4 Å². The van der Waals surface area contributed by atoms with Crippen LogP contribution in [0.15, 0.2) is 35.7 Å². The molecule has 0 saturated carbocycles. The highest BCUT2D eigenvalue weighted by atomic mass is 32.1. The van der Waals surface area contributed by atoms with Crippen molar-refractivity contribution in [1.82, 2.24) is 25.4 Å². The van der Waals surface area contributed by atoms with Crippen LogP contribution in [0.5, 0.6) is 0 Å². The minimum absolute atomic E-state index is 0.0161. The highest BCUT2D eigenvalue weighted by Crippen LogP contribution is 2.41. The standard InChI is InChI=1S/C27H37N5O3S/c1-17(2)14-24(33)31-13-12-20-10-11-23(26-30-22(16-36-26)19-8-6-5-7-9-19)32(20)27(35)21(15-31)29-25(34)18(3)28-4/h5-9,16-18,20-21,23,28H,10-15H2,1-4H3,(H,29,34)/t18-,20+,21-,23-/m0/s1. The van der Waals surface area contributed by atoms with Crippen molar-refractivity contribution < 1.29 is 14.4 Å². The van der Waals surface area contributed by atoms with Gasteiger partial charge in [0.1, 0.15) is 11.0 Å². The van der Waals surface area contributed by atoms with Crippen LogP contribution < -0.4 is 10.6 Å². The number of thiazole rings is 1. The van der Waals surface area contributed by atoms with Crippen LogP contribution in [0.3, 0.4) is 0 Å². The molecule has 2 aromatic rings. The lowest BCUT2D eigenvalue weighted by Crippen LogP contribution is -2.60. The van der Waals surface area contributed by atoms with E-state index in [4.69, 9.17) is 4.98 Å². The summed E-state index contributed by atoms with van der Waals surface area (Å²) < 4.78 is 0. The van der Waals surface area contributed by atoms with E-state index in [2.05, 4.69) is 10.6 Å². The molecule has 2 aliphatic rings. The highest BCUT2D eigenvalue weighted by molar-refractivity contribution is 7.10. The number of likely N-dealkylation sites (N-methyl/N-ethyl adjacent to an activating group) is 1. The van der Waals surface area contributed by atoms with Crippen molar-refractivity contribution in [3.63, 3.8) is 0 Å². The highest BCUT2D eigenvalue weighted by Gasteiger charge is 2.44. The molecule has 3 heterocycles. The molecule has 0 spiro atoms. The predicted octanol–water partition coefficient (Wildman–Crippen LogP) is 3.21. The molecule has 2 aliphatic heterocycles. The fraction of sp³-hybridized carbons (Fsp3) is 0.556. The van der Waals surface area contributed by atoms with Gasteiger partial charge in [-0.3, -0.25) is 14.4 Å². The van der Waals surface area contributed by atoms with E-state index < -0.39 is 12.1 Å². The zero-order chi connectivity index (χ0) is 25.8. The number of nitrogens with zero attached hydrogens (tertiary/aromatic N) is 3. The summed E-state index contributed by atoms with van der Waals surface area (Å²) in [6.45, 7) is 6.56. The number of aromatic nitrogens is 1. The number of amides is 3. The number of carbonyl (C=O) groups excluding carboxylic acids is 3. The number of hydrogen-bond donors (Lipinski definition) is 2. The van der Waals surface area contributed by atoms with Crippen LogP contribution in [0, 0.1) is 5.92 Å². The maximum atomic E-state index is 14.0. The van der Waals surface area contributed by atoms with E-state index in [1.807, 2.05) is 54.5 Å². The number of nitrogens with one attached hydrogen (secondary N) is 2. The van der Waals surface area contributed by atoms with Gasteiger partial charge in [-0.15, -0.1) is 11.3 Å². The van der Waals surface area contributed by atoms with Crippen LogP contribution in [0.25, 0.3) is 11.3 Å². The van der Waals surface area contributed by atoms with Crippen LogP contribution >= 0.6 is 11.3 Å². The molecule has 4 atom stereocenters. The molecule has 9 heteroatoms. The monoisotopic (exact) mass is 511 g/mol. The summed E-state index contributed by atoms with van der Waals surface area (Å²) in [7, 11) is 1.71.